The van der Waals surface area contributed by atoms with Gasteiger partial charge in [0, 0.05) is 16.5 Å². The predicted molar refractivity (Wildman–Crippen MR) is 144 cm³/mol. The van der Waals surface area contributed by atoms with E-state index in [1.54, 1.807) is 19.1 Å². The van der Waals surface area contributed by atoms with Crippen LogP contribution in [0, 0.1) is 13.8 Å². The second kappa shape index (κ2) is 11.5. The minimum absolute atomic E-state index is 0.0196. The molecular weight excluding hydrogens is 535 g/mol. The lowest BCUT2D eigenvalue weighted by molar-refractivity contribution is -0.137. The lowest BCUT2D eigenvalue weighted by atomic mass is 10.1. The van der Waals surface area contributed by atoms with E-state index >= 15 is 0 Å². The molecule has 1 unspecified atom stereocenters. The molecule has 11 heteroatoms. The van der Waals surface area contributed by atoms with E-state index in [4.69, 9.17) is 11.6 Å². The summed E-state index contributed by atoms with van der Waals surface area (Å²) in [5, 5.41) is 15.1. The number of halogens is 4. The average molecular weight is 560 g/mol. The largest absolute Gasteiger partial charge is 0.416 e. The molecule has 0 saturated carbocycles. The molecule has 1 aromatic heterocycles. The zero-order valence-electron chi connectivity index (χ0n) is 20.8. The molecule has 2 N–H and O–H groups in total. The fourth-order valence-corrected chi connectivity index (χ4v) is 5.02. The fraction of sp³-hybridized carbons (Fsp3) is 0.222. The molecule has 0 fully saturated rings. The van der Waals surface area contributed by atoms with Gasteiger partial charge >= 0.3 is 12.2 Å². The molecule has 0 aliphatic rings. The maximum Gasteiger partial charge on any atom is 0.416 e. The summed E-state index contributed by atoms with van der Waals surface area (Å²) in [6, 6.07) is 16.7. The number of nitrogens with zero attached hydrogens (tertiary/aromatic N) is 3. The number of carbonyl (C=O) groups excluding carboxylic acids is 1. The Morgan fingerprint density at radius 3 is 2.53 bits per heavy atom. The van der Waals surface area contributed by atoms with Crippen molar-refractivity contribution < 1.29 is 18.0 Å². The number of benzene rings is 3. The summed E-state index contributed by atoms with van der Waals surface area (Å²) < 4.78 is 41.0. The van der Waals surface area contributed by atoms with Crippen LogP contribution >= 0.6 is 23.4 Å². The summed E-state index contributed by atoms with van der Waals surface area (Å²) in [6.45, 7) is 5.70. The van der Waals surface area contributed by atoms with Gasteiger partial charge in [0.15, 0.2) is 11.0 Å². The van der Waals surface area contributed by atoms with Crippen LogP contribution in [0.1, 0.15) is 41.0 Å². The van der Waals surface area contributed by atoms with Crippen molar-refractivity contribution in [1.29, 1.82) is 0 Å². The maximum atomic E-state index is 13.0. The zero-order valence-corrected chi connectivity index (χ0v) is 22.4. The Morgan fingerprint density at radius 1 is 1.03 bits per heavy atom. The predicted octanol–water partition coefficient (Wildman–Crippen LogP) is 7.73. The second-order valence-electron chi connectivity index (χ2n) is 8.72. The summed E-state index contributed by atoms with van der Waals surface area (Å²) in [5.74, 6) is 1.10. The van der Waals surface area contributed by atoms with Crippen LogP contribution in [0.5, 0.6) is 0 Å². The maximum absolute atomic E-state index is 13.0. The molecule has 6 nitrogen and oxygen atoms in total. The van der Waals surface area contributed by atoms with Crippen molar-refractivity contribution >= 4 is 35.1 Å². The standard InChI is InChI=1S/C27H25ClF3N5OS/c1-16-7-4-5-8-19(16)15-38-26-35-34-24(36(26)23-14-21(28)12-11-17(23)2)18(3)32-25(37)33-22-10-6-9-20(13-22)27(29,30)31/h4-14,18H,15H2,1-3H3,(H2,32,33,37). The van der Waals surface area contributed by atoms with E-state index in [-0.39, 0.29) is 5.69 Å². The van der Waals surface area contributed by atoms with E-state index in [0.717, 1.165) is 34.5 Å². The third-order valence-corrected chi connectivity index (χ3v) is 7.08. The van der Waals surface area contributed by atoms with Crippen molar-refractivity contribution in [2.45, 2.75) is 43.9 Å². The van der Waals surface area contributed by atoms with Gasteiger partial charge in [0.05, 0.1) is 17.3 Å². The highest BCUT2D eigenvalue weighted by Crippen LogP contribution is 2.32. The van der Waals surface area contributed by atoms with E-state index in [2.05, 4.69) is 26.9 Å². The number of urea groups is 1. The Hall–Kier alpha value is -3.50. The van der Waals surface area contributed by atoms with Crippen LogP contribution in [-0.2, 0) is 11.9 Å². The number of nitrogens with one attached hydrogen (secondary N) is 2. The molecule has 3 aromatic carbocycles. The number of rotatable bonds is 7. The molecule has 1 heterocycles. The van der Waals surface area contributed by atoms with Gasteiger partial charge in [-0.1, -0.05) is 59.8 Å². The number of alkyl halides is 3. The summed E-state index contributed by atoms with van der Waals surface area (Å²) in [4.78, 5) is 12.7. The van der Waals surface area contributed by atoms with Crippen molar-refractivity contribution in [3.8, 4) is 5.69 Å². The number of amides is 2. The third-order valence-electron chi connectivity index (χ3n) is 5.87. The SMILES string of the molecule is Cc1ccccc1CSc1nnc(C(C)NC(=O)Nc2cccc(C(F)(F)F)c2)n1-c1cc(Cl)ccc1C. The number of hydrogen-bond donors (Lipinski definition) is 2. The second-order valence-corrected chi connectivity index (χ2v) is 10.1. The monoisotopic (exact) mass is 559 g/mol. The van der Waals surface area contributed by atoms with E-state index in [1.165, 1.54) is 23.9 Å². The number of anilines is 1. The zero-order chi connectivity index (χ0) is 27.4. The summed E-state index contributed by atoms with van der Waals surface area (Å²) in [6.07, 6.45) is -4.51. The molecular formula is C27H25ClF3N5OS. The summed E-state index contributed by atoms with van der Waals surface area (Å²) >= 11 is 7.81. The van der Waals surface area contributed by atoms with E-state index in [9.17, 15) is 18.0 Å². The average Bonchev–Trinajstić information content (AvgIpc) is 3.28. The molecule has 38 heavy (non-hydrogen) atoms. The molecule has 0 aliphatic carbocycles. The molecule has 0 radical (unpaired) electrons. The molecule has 1 atom stereocenters. The molecule has 0 saturated heterocycles. The van der Waals surface area contributed by atoms with Gasteiger partial charge in [-0.15, -0.1) is 10.2 Å². The molecule has 4 rings (SSSR count). The molecule has 0 spiro atoms. The topological polar surface area (TPSA) is 71.8 Å². The first kappa shape index (κ1) is 27.5. The Bertz CT molecular complexity index is 1460. The highest BCUT2D eigenvalue weighted by Gasteiger charge is 2.30. The van der Waals surface area contributed by atoms with E-state index < -0.39 is 23.8 Å². The highest BCUT2D eigenvalue weighted by molar-refractivity contribution is 7.98. The Morgan fingerprint density at radius 2 is 1.79 bits per heavy atom. The summed E-state index contributed by atoms with van der Waals surface area (Å²) in [7, 11) is 0. The molecule has 198 valence electrons. The van der Waals surface area contributed by atoms with Crippen molar-refractivity contribution in [3.63, 3.8) is 0 Å². The quantitative estimate of drug-likeness (QED) is 0.227. The minimum Gasteiger partial charge on any atom is -0.328 e. The van der Waals surface area contributed by atoms with E-state index in [0.29, 0.717) is 21.8 Å². The van der Waals surface area contributed by atoms with Crippen LogP contribution in [-0.4, -0.2) is 20.8 Å². The van der Waals surface area contributed by atoms with Crippen LogP contribution in [0.4, 0.5) is 23.7 Å². The van der Waals surface area contributed by atoms with Gasteiger partial charge in [0.2, 0.25) is 0 Å². The van der Waals surface area contributed by atoms with Gasteiger partial charge in [0.1, 0.15) is 0 Å². The van der Waals surface area contributed by atoms with Gasteiger partial charge in [-0.05, 0) is 67.8 Å². The normalized spacial score (nSPS) is 12.3. The van der Waals surface area contributed by atoms with Gasteiger partial charge in [0.25, 0.3) is 0 Å². The molecule has 0 bridgehead atoms. The lowest BCUT2D eigenvalue weighted by Crippen LogP contribution is -2.32. The number of carbonyl (C=O) groups is 1. The van der Waals surface area contributed by atoms with Crippen molar-refractivity contribution in [3.05, 3.63) is 99.8 Å². The Kier molecular flexibility index (Phi) is 8.32. The smallest absolute Gasteiger partial charge is 0.328 e. The van der Waals surface area contributed by atoms with Crippen LogP contribution in [0.15, 0.2) is 71.9 Å². The molecule has 2 amide bonds. The first-order valence-corrected chi connectivity index (χ1v) is 13.0. The van der Waals surface area contributed by atoms with Crippen molar-refractivity contribution in [2.75, 3.05) is 5.32 Å². The number of thioether (sulfide) groups is 1. The first-order valence-electron chi connectivity index (χ1n) is 11.7. The van der Waals surface area contributed by atoms with E-state index in [1.807, 2.05) is 42.7 Å². The first-order chi connectivity index (χ1) is 18.0. The third kappa shape index (κ3) is 6.49. The van der Waals surface area contributed by atoms with Crippen LogP contribution < -0.4 is 10.6 Å². The van der Waals surface area contributed by atoms with Crippen molar-refractivity contribution in [1.82, 2.24) is 20.1 Å². The van der Waals surface area contributed by atoms with Crippen LogP contribution in [0.3, 0.4) is 0 Å². The number of hydrogen-bond acceptors (Lipinski definition) is 4. The van der Waals surface area contributed by atoms with Gasteiger partial charge in [-0.3, -0.25) is 4.57 Å². The highest BCUT2D eigenvalue weighted by atomic mass is 35.5. The van der Waals surface area contributed by atoms with Crippen LogP contribution in [0.2, 0.25) is 5.02 Å². The molecule has 0 aliphatic heterocycles. The molecule has 4 aromatic rings. The van der Waals surface area contributed by atoms with Crippen molar-refractivity contribution in [2.24, 2.45) is 0 Å². The number of aromatic nitrogens is 3. The minimum atomic E-state index is -4.51. The number of aryl methyl sites for hydroxylation is 2. The Labute approximate surface area is 227 Å². The van der Waals surface area contributed by atoms with Crippen LogP contribution in [0.25, 0.3) is 5.69 Å². The fourth-order valence-electron chi connectivity index (χ4n) is 3.82. The van der Waals surface area contributed by atoms with Gasteiger partial charge in [-0.2, -0.15) is 13.2 Å². The van der Waals surface area contributed by atoms with Gasteiger partial charge in [-0.25, -0.2) is 4.79 Å². The summed E-state index contributed by atoms with van der Waals surface area (Å²) in [5.41, 5.74) is 3.17. The Balaban J connectivity index is 1.60. The van der Waals surface area contributed by atoms with Gasteiger partial charge < -0.3 is 10.6 Å². The lowest BCUT2D eigenvalue weighted by Gasteiger charge is -2.18.